The van der Waals surface area contributed by atoms with Gasteiger partial charge in [0, 0.05) is 19.0 Å². The minimum atomic E-state index is -0.617. The number of aryl methyl sites for hydroxylation is 3. The van der Waals surface area contributed by atoms with E-state index in [1.165, 1.54) is 5.56 Å². The predicted molar refractivity (Wildman–Crippen MR) is 72.8 cm³/mol. The highest BCUT2D eigenvalue weighted by molar-refractivity contribution is 6.30. The first-order chi connectivity index (χ1) is 8.49. The van der Waals surface area contributed by atoms with Gasteiger partial charge in [0.15, 0.2) is 0 Å². The van der Waals surface area contributed by atoms with Crippen LogP contribution in [0.15, 0.2) is 24.3 Å². The topological polar surface area (TPSA) is 38.1 Å². The Morgan fingerprint density at radius 3 is 2.39 bits per heavy atom. The summed E-state index contributed by atoms with van der Waals surface area (Å²) in [5.41, 5.74) is 3.80. The number of aliphatic hydroxyl groups is 1. The first kappa shape index (κ1) is 13.1. The van der Waals surface area contributed by atoms with Gasteiger partial charge in [-0.25, -0.2) is 0 Å². The molecule has 0 bridgehead atoms. The summed E-state index contributed by atoms with van der Waals surface area (Å²) in [4.78, 5) is 0. The second-order valence-corrected chi connectivity index (χ2v) is 4.98. The van der Waals surface area contributed by atoms with Gasteiger partial charge in [0.1, 0.15) is 5.15 Å². The highest BCUT2D eigenvalue weighted by atomic mass is 35.5. The molecule has 0 radical (unpaired) electrons. The Kier molecular flexibility index (Phi) is 3.73. The number of nitrogens with zero attached hydrogens (tertiary/aromatic N) is 2. The Morgan fingerprint density at radius 2 is 1.89 bits per heavy atom. The maximum absolute atomic E-state index is 10.3. The molecule has 0 fully saturated rings. The molecule has 3 nitrogen and oxygen atoms in total. The van der Waals surface area contributed by atoms with Crippen LogP contribution < -0.4 is 0 Å². The highest BCUT2D eigenvalue weighted by Crippen LogP contribution is 2.28. The van der Waals surface area contributed by atoms with Gasteiger partial charge in [-0.2, -0.15) is 5.10 Å². The van der Waals surface area contributed by atoms with E-state index in [1.54, 1.807) is 11.7 Å². The first-order valence-corrected chi connectivity index (χ1v) is 6.29. The summed E-state index contributed by atoms with van der Waals surface area (Å²) in [7, 11) is 1.78. The molecule has 96 valence electrons. The zero-order chi connectivity index (χ0) is 13.3. The molecule has 4 heteroatoms. The van der Waals surface area contributed by atoms with E-state index in [9.17, 15) is 5.11 Å². The molecule has 0 aliphatic heterocycles. The SMILES string of the molecule is Cc1ccc(CC(O)c2c(C)nn(C)c2Cl)cc1. The van der Waals surface area contributed by atoms with E-state index >= 15 is 0 Å². The number of hydrogen-bond donors (Lipinski definition) is 1. The molecule has 0 amide bonds. The van der Waals surface area contributed by atoms with Crippen molar-refractivity contribution in [2.75, 3.05) is 0 Å². The minimum absolute atomic E-state index is 0.507. The lowest BCUT2D eigenvalue weighted by Gasteiger charge is -2.11. The van der Waals surface area contributed by atoms with Gasteiger partial charge in [0.2, 0.25) is 0 Å². The Balaban J connectivity index is 2.21. The van der Waals surface area contributed by atoms with Gasteiger partial charge in [-0.05, 0) is 19.4 Å². The number of aliphatic hydroxyl groups excluding tert-OH is 1. The van der Waals surface area contributed by atoms with Crippen LogP contribution in [0.4, 0.5) is 0 Å². The Bertz CT molecular complexity index is 546. The molecule has 1 aromatic carbocycles. The molecular formula is C14H17ClN2O. The third kappa shape index (κ3) is 2.57. The fourth-order valence-electron chi connectivity index (χ4n) is 2.07. The van der Waals surface area contributed by atoms with E-state index in [0.29, 0.717) is 11.6 Å². The van der Waals surface area contributed by atoms with Gasteiger partial charge in [-0.15, -0.1) is 0 Å². The molecular weight excluding hydrogens is 248 g/mol. The molecule has 1 atom stereocenters. The van der Waals surface area contributed by atoms with Gasteiger partial charge in [-0.3, -0.25) is 4.68 Å². The van der Waals surface area contributed by atoms with E-state index in [0.717, 1.165) is 16.8 Å². The zero-order valence-electron chi connectivity index (χ0n) is 10.8. The van der Waals surface area contributed by atoms with Crippen molar-refractivity contribution >= 4 is 11.6 Å². The van der Waals surface area contributed by atoms with E-state index in [1.807, 2.05) is 38.1 Å². The van der Waals surface area contributed by atoms with Gasteiger partial charge in [0.05, 0.1) is 11.8 Å². The number of rotatable bonds is 3. The normalized spacial score (nSPS) is 12.7. The Morgan fingerprint density at radius 1 is 1.28 bits per heavy atom. The lowest BCUT2D eigenvalue weighted by Crippen LogP contribution is -2.03. The fourth-order valence-corrected chi connectivity index (χ4v) is 2.37. The van der Waals surface area contributed by atoms with E-state index < -0.39 is 6.10 Å². The molecule has 0 saturated carbocycles. The van der Waals surface area contributed by atoms with Gasteiger partial charge < -0.3 is 5.11 Å². The van der Waals surface area contributed by atoms with Crippen molar-refractivity contribution in [3.05, 3.63) is 51.8 Å². The van der Waals surface area contributed by atoms with Gasteiger partial charge >= 0.3 is 0 Å². The quantitative estimate of drug-likeness (QED) is 0.926. The molecule has 0 spiro atoms. The van der Waals surface area contributed by atoms with Crippen molar-refractivity contribution in [2.45, 2.75) is 26.4 Å². The summed E-state index contributed by atoms with van der Waals surface area (Å²) < 4.78 is 1.59. The van der Waals surface area contributed by atoms with Crippen molar-refractivity contribution in [3.63, 3.8) is 0 Å². The maximum atomic E-state index is 10.3. The average Bonchev–Trinajstić information content (AvgIpc) is 2.56. The molecule has 0 aliphatic rings. The van der Waals surface area contributed by atoms with Crippen LogP contribution in [0.5, 0.6) is 0 Å². The van der Waals surface area contributed by atoms with Crippen molar-refractivity contribution in [2.24, 2.45) is 7.05 Å². The minimum Gasteiger partial charge on any atom is -0.388 e. The molecule has 0 aliphatic carbocycles. The van der Waals surface area contributed by atoms with Crippen molar-refractivity contribution in [1.82, 2.24) is 9.78 Å². The Hall–Kier alpha value is -1.32. The van der Waals surface area contributed by atoms with Crippen LogP contribution >= 0.6 is 11.6 Å². The van der Waals surface area contributed by atoms with Crippen LogP contribution in [0.2, 0.25) is 5.15 Å². The largest absolute Gasteiger partial charge is 0.388 e. The standard InChI is InChI=1S/C14H17ClN2O/c1-9-4-6-11(7-5-9)8-12(18)13-10(2)16-17(3)14(13)15/h4-7,12,18H,8H2,1-3H3. The first-order valence-electron chi connectivity index (χ1n) is 5.91. The van der Waals surface area contributed by atoms with Crippen LogP contribution in [0, 0.1) is 13.8 Å². The van der Waals surface area contributed by atoms with Crippen molar-refractivity contribution in [1.29, 1.82) is 0 Å². The van der Waals surface area contributed by atoms with Crippen LogP contribution in [0.1, 0.15) is 28.5 Å². The number of hydrogen-bond acceptors (Lipinski definition) is 2. The van der Waals surface area contributed by atoms with E-state index in [2.05, 4.69) is 5.10 Å². The average molecular weight is 265 g/mol. The van der Waals surface area contributed by atoms with Crippen LogP contribution in [0.25, 0.3) is 0 Å². The molecule has 2 rings (SSSR count). The highest BCUT2D eigenvalue weighted by Gasteiger charge is 2.19. The van der Waals surface area contributed by atoms with E-state index in [-0.39, 0.29) is 0 Å². The van der Waals surface area contributed by atoms with Crippen molar-refractivity contribution in [3.8, 4) is 0 Å². The van der Waals surface area contributed by atoms with Gasteiger partial charge in [0.25, 0.3) is 0 Å². The van der Waals surface area contributed by atoms with Crippen LogP contribution in [-0.2, 0) is 13.5 Å². The molecule has 1 aromatic heterocycles. The summed E-state index contributed by atoms with van der Waals surface area (Å²) >= 11 is 6.14. The third-order valence-corrected chi connectivity index (χ3v) is 3.53. The number of aromatic nitrogens is 2. The third-order valence-electron chi connectivity index (χ3n) is 3.08. The number of benzene rings is 1. The van der Waals surface area contributed by atoms with E-state index in [4.69, 9.17) is 11.6 Å². The predicted octanol–water partition coefficient (Wildman–Crippen LogP) is 2.97. The molecule has 1 heterocycles. The summed E-state index contributed by atoms with van der Waals surface area (Å²) in [6.45, 7) is 3.90. The smallest absolute Gasteiger partial charge is 0.132 e. The second-order valence-electron chi connectivity index (χ2n) is 4.62. The van der Waals surface area contributed by atoms with Gasteiger partial charge in [-0.1, -0.05) is 41.4 Å². The molecule has 18 heavy (non-hydrogen) atoms. The molecule has 0 saturated heterocycles. The maximum Gasteiger partial charge on any atom is 0.132 e. The lowest BCUT2D eigenvalue weighted by atomic mass is 10.0. The summed E-state index contributed by atoms with van der Waals surface area (Å²) in [6.07, 6.45) is -0.0686. The molecule has 1 N–H and O–H groups in total. The van der Waals surface area contributed by atoms with Crippen LogP contribution in [-0.4, -0.2) is 14.9 Å². The van der Waals surface area contributed by atoms with Crippen LogP contribution in [0.3, 0.4) is 0 Å². The summed E-state index contributed by atoms with van der Waals surface area (Å²) in [5.74, 6) is 0. The molecule has 1 unspecified atom stereocenters. The number of halogens is 1. The zero-order valence-corrected chi connectivity index (χ0v) is 11.6. The monoisotopic (exact) mass is 264 g/mol. The van der Waals surface area contributed by atoms with Crippen molar-refractivity contribution < 1.29 is 5.11 Å². The molecule has 2 aromatic rings. The summed E-state index contributed by atoms with van der Waals surface area (Å²) in [6, 6.07) is 8.13. The second kappa shape index (κ2) is 5.12. The Labute approximate surface area is 112 Å². The lowest BCUT2D eigenvalue weighted by molar-refractivity contribution is 0.178. The summed E-state index contributed by atoms with van der Waals surface area (Å²) in [5, 5.41) is 15.0. The fraction of sp³-hybridized carbons (Fsp3) is 0.357.